The highest BCUT2D eigenvalue weighted by Gasteiger charge is 2.06. The molecular weight excluding hydrogens is 264 g/mol. The first-order valence-electron chi connectivity index (χ1n) is 6.28. The van der Waals surface area contributed by atoms with E-state index < -0.39 is 0 Å². The molecule has 1 aromatic rings. The van der Waals surface area contributed by atoms with Gasteiger partial charge in [0, 0.05) is 19.5 Å². The van der Waals surface area contributed by atoms with Crippen LogP contribution in [-0.2, 0) is 4.79 Å². The Bertz CT molecular complexity index is 368. The van der Waals surface area contributed by atoms with Crippen molar-refractivity contribution in [3.63, 3.8) is 0 Å². The second-order valence-corrected chi connectivity index (χ2v) is 4.35. The minimum atomic E-state index is 0. The van der Waals surface area contributed by atoms with E-state index in [1.165, 1.54) is 5.56 Å². The van der Waals surface area contributed by atoms with Crippen molar-refractivity contribution in [1.29, 1.82) is 0 Å². The van der Waals surface area contributed by atoms with Gasteiger partial charge in [-0.3, -0.25) is 4.79 Å². The Balaban J connectivity index is 0.00000324. The van der Waals surface area contributed by atoms with Crippen LogP contribution in [0.3, 0.4) is 0 Å². The number of benzene rings is 1. The van der Waals surface area contributed by atoms with Crippen molar-refractivity contribution in [1.82, 2.24) is 5.32 Å². The smallest absolute Gasteiger partial charge is 0.221 e. The molecule has 0 saturated carbocycles. The molecule has 5 heteroatoms. The van der Waals surface area contributed by atoms with Gasteiger partial charge in [-0.2, -0.15) is 0 Å². The van der Waals surface area contributed by atoms with Crippen LogP contribution < -0.4 is 15.8 Å². The molecule has 0 aromatic heterocycles. The molecular formula is C14H23ClN2O2. The van der Waals surface area contributed by atoms with E-state index in [2.05, 4.69) is 24.4 Å². The molecule has 0 saturated heterocycles. The van der Waals surface area contributed by atoms with Gasteiger partial charge in [0.2, 0.25) is 5.91 Å². The van der Waals surface area contributed by atoms with Gasteiger partial charge in [0.25, 0.3) is 0 Å². The molecule has 4 nitrogen and oxygen atoms in total. The van der Waals surface area contributed by atoms with Crippen LogP contribution in [0, 0.1) is 0 Å². The van der Waals surface area contributed by atoms with E-state index in [-0.39, 0.29) is 18.3 Å². The lowest BCUT2D eigenvalue weighted by molar-refractivity contribution is -0.120. The first-order valence-corrected chi connectivity index (χ1v) is 6.28. The molecule has 108 valence electrons. The number of nitrogens with one attached hydrogen (secondary N) is 1. The summed E-state index contributed by atoms with van der Waals surface area (Å²) in [7, 11) is 1.66. The molecule has 1 unspecified atom stereocenters. The predicted octanol–water partition coefficient (Wildman–Crippen LogP) is 2.08. The fourth-order valence-corrected chi connectivity index (χ4v) is 1.75. The molecule has 0 aliphatic rings. The molecule has 0 aliphatic heterocycles. The topological polar surface area (TPSA) is 64.3 Å². The summed E-state index contributed by atoms with van der Waals surface area (Å²) in [6.07, 6.45) is 1.32. The molecule has 3 N–H and O–H groups in total. The molecule has 0 radical (unpaired) electrons. The lowest BCUT2D eigenvalue weighted by atomic mass is 9.98. The first kappa shape index (κ1) is 17.7. The van der Waals surface area contributed by atoms with Crippen LogP contribution in [0.15, 0.2) is 24.3 Å². The highest BCUT2D eigenvalue weighted by molar-refractivity contribution is 5.85. The van der Waals surface area contributed by atoms with Crippen LogP contribution in [0.1, 0.15) is 31.2 Å². The van der Waals surface area contributed by atoms with Crippen LogP contribution in [-0.4, -0.2) is 26.1 Å². The minimum absolute atomic E-state index is 0. The molecule has 0 heterocycles. The van der Waals surface area contributed by atoms with Gasteiger partial charge in [0.05, 0.1) is 7.11 Å². The van der Waals surface area contributed by atoms with Crippen molar-refractivity contribution in [2.24, 2.45) is 5.73 Å². The maximum atomic E-state index is 11.2. The quantitative estimate of drug-likeness (QED) is 0.806. The van der Waals surface area contributed by atoms with E-state index in [0.717, 1.165) is 12.2 Å². The van der Waals surface area contributed by atoms with Gasteiger partial charge in [0.1, 0.15) is 5.75 Å². The second kappa shape index (κ2) is 9.64. The van der Waals surface area contributed by atoms with Gasteiger partial charge in [-0.15, -0.1) is 12.4 Å². The Kier molecular flexibility index (Phi) is 9.00. The number of amides is 1. The Morgan fingerprint density at radius 2 is 2.00 bits per heavy atom. The largest absolute Gasteiger partial charge is 0.497 e. The molecule has 0 bridgehead atoms. The maximum absolute atomic E-state index is 11.2. The predicted molar refractivity (Wildman–Crippen MR) is 80.0 cm³/mol. The van der Waals surface area contributed by atoms with Crippen LogP contribution in [0.4, 0.5) is 0 Å². The standard InChI is InChI=1S/C14H22N2O2.ClH/c1-11(8-10-16-14(17)7-9-15)12-3-5-13(18-2)6-4-12;/h3-6,11H,7-10,15H2,1-2H3,(H,16,17);1H. The fraction of sp³-hybridized carbons (Fsp3) is 0.500. The molecule has 1 rings (SSSR count). The molecule has 1 amide bonds. The zero-order valence-corrected chi connectivity index (χ0v) is 12.3. The summed E-state index contributed by atoms with van der Waals surface area (Å²) in [5, 5.41) is 2.86. The second-order valence-electron chi connectivity index (χ2n) is 4.35. The fourth-order valence-electron chi connectivity index (χ4n) is 1.75. The number of halogens is 1. The van der Waals surface area contributed by atoms with Gasteiger partial charge < -0.3 is 15.8 Å². The SMILES string of the molecule is COc1ccc(C(C)CCNC(=O)CCN)cc1.Cl. The first-order chi connectivity index (χ1) is 8.67. The molecule has 1 atom stereocenters. The van der Waals surface area contributed by atoms with Gasteiger partial charge in [0.15, 0.2) is 0 Å². The van der Waals surface area contributed by atoms with E-state index in [9.17, 15) is 4.79 Å². The summed E-state index contributed by atoms with van der Waals surface area (Å²) in [5.41, 5.74) is 6.56. The van der Waals surface area contributed by atoms with Crippen molar-refractivity contribution in [2.75, 3.05) is 20.2 Å². The Morgan fingerprint density at radius 1 is 1.37 bits per heavy atom. The van der Waals surface area contributed by atoms with Crippen LogP contribution in [0.2, 0.25) is 0 Å². The maximum Gasteiger partial charge on any atom is 0.221 e. The Morgan fingerprint density at radius 3 is 2.53 bits per heavy atom. The van der Waals surface area contributed by atoms with Gasteiger partial charge >= 0.3 is 0 Å². The van der Waals surface area contributed by atoms with Crippen LogP contribution in [0.25, 0.3) is 0 Å². The summed E-state index contributed by atoms with van der Waals surface area (Å²) in [5.74, 6) is 1.30. The lowest BCUT2D eigenvalue weighted by Crippen LogP contribution is -2.27. The number of rotatable bonds is 7. The molecule has 0 aliphatic carbocycles. The van der Waals surface area contributed by atoms with Gasteiger partial charge in [-0.05, 0) is 30.0 Å². The molecule has 0 spiro atoms. The monoisotopic (exact) mass is 286 g/mol. The molecule has 0 fully saturated rings. The normalized spacial score (nSPS) is 11.3. The van der Waals surface area contributed by atoms with Crippen molar-refractivity contribution in [3.05, 3.63) is 29.8 Å². The van der Waals surface area contributed by atoms with Crippen LogP contribution in [0.5, 0.6) is 5.75 Å². The molecule has 19 heavy (non-hydrogen) atoms. The average molecular weight is 287 g/mol. The third-order valence-electron chi connectivity index (χ3n) is 2.96. The van der Waals surface area contributed by atoms with E-state index in [1.54, 1.807) is 7.11 Å². The number of hydrogen-bond donors (Lipinski definition) is 2. The summed E-state index contributed by atoms with van der Waals surface area (Å²) in [4.78, 5) is 11.2. The lowest BCUT2D eigenvalue weighted by Gasteiger charge is -2.13. The van der Waals surface area contributed by atoms with E-state index >= 15 is 0 Å². The van der Waals surface area contributed by atoms with Crippen molar-refractivity contribution >= 4 is 18.3 Å². The average Bonchev–Trinajstić information content (AvgIpc) is 2.39. The third kappa shape index (κ3) is 6.45. The number of ether oxygens (including phenoxy) is 1. The summed E-state index contributed by atoms with van der Waals surface area (Å²) in [6, 6.07) is 8.04. The Hall–Kier alpha value is -1.26. The zero-order valence-electron chi connectivity index (χ0n) is 11.5. The van der Waals surface area contributed by atoms with Gasteiger partial charge in [-0.1, -0.05) is 19.1 Å². The highest BCUT2D eigenvalue weighted by atomic mass is 35.5. The number of methoxy groups -OCH3 is 1. The van der Waals surface area contributed by atoms with Crippen molar-refractivity contribution in [2.45, 2.75) is 25.7 Å². The Labute approximate surface area is 121 Å². The summed E-state index contributed by atoms with van der Waals surface area (Å²) >= 11 is 0. The minimum Gasteiger partial charge on any atom is -0.497 e. The van der Waals surface area contributed by atoms with Gasteiger partial charge in [-0.25, -0.2) is 0 Å². The summed E-state index contributed by atoms with van der Waals surface area (Å²) < 4.78 is 5.12. The number of hydrogen-bond acceptors (Lipinski definition) is 3. The van der Waals surface area contributed by atoms with E-state index in [0.29, 0.717) is 25.4 Å². The van der Waals surface area contributed by atoms with Crippen molar-refractivity contribution < 1.29 is 9.53 Å². The highest BCUT2D eigenvalue weighted by Crippen LogP contribution is 2.21. The van der Waals surface area contributed by atoms with E-state index in [1.807, 2.05) is 12.1 Å². The zero-order chi connectivity index (χ0) is 13.4. The van der Waals surface area contributed by atoms with E-state index in [4.69, 9.17) is 10.5 Å². The molecule has 1 aromatic carbocycles. The summed E-state index contributed by atoms with van der Waals surface area (Å²) in [6.45, 7) is 3.24. The number of carbonyl (C=O) groups is 1. The van der Waals surface area contributed by atoms with Crippen LogP contribution >= 0.6 is 12.4 Å². The third-order valence-corrected chi connectivity index (χ3v) is 2.96. The van der Waals surface area contributed by atoms with Crippen molar-refractivity contribution in [3.8, 4) is 5.75 Å². The number of nitrogens with two attached hydrogens (primary N) is 1. The number of carbonyl (C=O) groups excluding carboxylic acids is 1.